The van der Waals surface area contributed by atoms with E-state index in [4.69, 9.17) is 0 Å². The average molecular weight is 291 g/mol. The van der Waals surface area contributed by atoms with Gasteiger partial charge in [-0.1, -0.05) is 0 Å². The number of hydrogen-bond acceptors (Lipinski definition) is 7. The van der Waals surface area contributed by atoms with Crippen LogP contribution in [0.4, 0.5) is 13.2 Å². The van der Waals surface area contributed by atoms with Gasteiger partial charge in [0, 0.05) is 18.2 Å². The number of hydrazone groups is 1. The minimum absolute atomic E-state index is 0.0635. The first-order chi connectivity index (χ1) is 7.71. The van der Waals surface area contributed by atoms with Crippen molar-refractivity contribution in [3.63, 3.8) is 0 Å². The second-order valence-corrected chi connectivity index (χ2v) is 5.83. The van der Waals surface area contributed by atoms with Crippen molar-refractivity contribution in [3.8, 4) is 0 Å². The second kappa shape index (κ2) is 3.92. The molecule has 2 aliphatic heterocycles. The molecule has 0 spiro atoms. The van der Waals surface area contributed by atoms with Crippen LogP contribution >= 0.6 is 12.6 Å². The second-order valence-electron chi connectivity index (χ2n) is 3.57. The van der Waals surface area contributed by atoms with Crippen molar-refractivity contribution < 1.29 is 25.9 Å². The summed E-state index contributed by atoms with van der Waals surface area (Å²) in [4.78, 5) is 1.56. The van der Waals surface area contributed by atoms with Crippen molar-refractivity contribution in [3.05, 3.63) is 0 Å². The van der Waals surface area contributed by atoms with Gasteiger partial charge in [-0.3, -0.25) is 0 Å². The molecule has 17 heavy (non-hydrogen) atoms. The van der Waals surface area contributed by atoms with Gasteiger partial charge in [0.1, 0.15) is 12.5 Å². The highest BCUT2D eigenvalue weighted by atomic mass is 32.2. The monoisotopic (exact) mass is 291 g/mol. The number of alkyl halides is 3. The van der Waals surface area contributed by atoms with Gasteiger partial charge >= 0.3 is 15.6 Å². The Balaban J connectivity index is 2.09. The van der Waals surface area contributed by atoms with E-state index in [-0.39, 0.29) is 5.25 Å². The molecule has 98 valence electrons. The van der Waals surface area contributed by atoms with Crippen molar-refractivity contribution >= 4 is 29.1 Å². The van der Waals surface area contributed by atoms with Crippen LogP contribution in [0, 0.1) is 0 Å². The number of hydroxylamine groups is 1. The first kappa shape index (κ1) is 12.8. The maximum Gasteiger partial charge on any atom is 0.525 e. The normalized spacial score (nSPS) is 28.9. The predicted molar refractivity (Wildman–Crippen MR) is 54.3 cm³/mol. The molecule has 0 saturated carbocycles. The quantitative estimate of drug-likeness (QED) is 0.588. The van der Waals surface area contributed by atoms with E-state index in [1.807, 2.05) is 0 Å². The molecule has 0 aromatic rings. The molecule has 0 bridgehead atoms. The molecule has 1 fully saturated rings. The van der Waals surface area contributed by atoms with Gasteiger partial charge in [0.2, 0.25) is 0 Å². The molecule has 0 aromatic heterocycles. The number of thiol groups is 1. The summed E-state index contributed by atoms with van der Waals surface area (Å²) in [5, 5.41) is 3.83. The van der Waals surface area contributed by atoms with Crippen LogP contribution in [0.1, 0.15) is 6.42 Å². The summed E-state index contributed by atoms with van der Waals surface area (Å²) in [6.07, 6.45) is 0.929. The number of halogens is 3. The molecule has 6 nitrogen and oxygen atoms in total. The molecule has 2 unspecified atom stereocenters. The Morgan fingerprint density at radius 3 is 2.71 bits per heavy atom. The minimum Gasteiger partial charge on any atom is -0.336 e. The van der Waals surface area contributed by atoms with Gasteiger partial charge in [0.15, 0.2) is 0 Å². The predicted octanol–water partition coefficient (Wildman–Crippen LogP) is 0.357. The van der Waals surface area contributed by atoms with Crippen LogP contribution in [0.3, 0.4) is 0 Å². The number of fused-ring (bicyclic) bond motifs is 1. The zero-order valence-corrected chi connectivity index (χ0v) is 9.91. The van der Waals surface area contributed by atoms with E-state index >= 15 is 0 Å². The molecule has 11 heteroatoms. The lowest BCUT2D eigenvalue weighted by Crippen LogP contribution is -2.39. The highest BCUT2D eigenvalue weighted by Crippen LogP contribution is 2.31. The van der Waals surface area contributed by atoms with Gasteiger partial charge in [0.25, 0.3) is 0 Å². The van der Waals surface area contributed by atoms with E-state index in [1.54, 1.807) is 4.90 Å². The molecular formula is C6H8F3N3O3S2. The Bertz CT molecular complexity index is 438. The summed E-state index contributed by atoms with van der Waals surface area (Å²) in [6.45, 7) is 0.475. The van der Waals surface area contributed by atoms with E-state index in [0.717, 1.165) is 0 Å². The average Bonchev–Trinajstić information content (AvgIpc) is 2.65. The third-order valence-corrected chi connectivity index (χ3v) is 3.60. The Kier molecular flexibility index (Phi) is 2.94. The summed E-state index contributed by atoms with van der Waals surface area (Å²) >= 11 is 4.15. The smallest absolute Gasteiger partial charge is 0.336 e. The first-order valence-electron chi connectivity index (χ1n) is 4.49. The lowest BCUT2D eigenvalue weighted by Gasteiger charge is -2.22. The van der Waals surface area contributed by atoms with E-state index in [1.165, 1.54) is 6.34 Å². The van der Waals surface area contributed by atoms with Crippen LogP contribution in [0.15, 0.2) is 5.10 Å². The van der Waals surface area contributed by atoms with Crippen LogP contribution < -0.4 is 0 Å². The van der Waals surface area contributed by atoms with Crippen molar-refractivity contribution in [2.45, 2.75) is 23.3 Å². The van der Waals surface area contributed by atoms with Crippen molar-refractivity contribution in [1.29, 1.82) is 0 Å². The maximum atomic E-state index is 12.1. The zero-order chi connectivity index (χ0) is 12.8. The first-order valence-corrected chi connectivity index (χ1v) is 6.41. The van der Waals surface area contributed by atoms with Gasteiger partial charge in [0.05, 0.1) is 0 Å². The fourth-order valence-corrected chi connectivity index (χ4v) is 2.37. The van der Waals surface area contributed by atoms with Crippen LogP contribution in [0.2, 0.25) is 0 Å². The zero-order valence-electron chi connectivity index (χ0n) is 8.20. The molecule has 1 saturated heterocycles. The fourth-order valence-electron chi connectivity index (χ4n) is 1.57. The topological polar surface area (TPSA) is 62.2 Å². The molecule has 0 N–H and O–H groups in total. The van der Waals surface area contributed by atoms with Crippen LogP contribution in [0.5, 0.6) is 0 Å². The van der Waals surface area contributed by atoms with Gasteiger partial charge < -0.3 is 4.90 Å². The molecular weight excluding hydrogens is 283 g/mol. The van der Waals surface area contributed by atoms with Crippen LogP contribution in [-0.4, -0.2) is 48.3 Å². The standard InChI is InChI=1S/C6H8F3N3O3S2/c7-6(8,9)17(13,14)15-12-5-1-4(16)2-11(5)3-10-12/h3-5,16H,1-2H2. The number of rotatable bonds is 2. The minimum atomic E-state index is -5.68. The molecule has 2 aliphatic rings. The van der Waals surface area contributed by atoms with E-state index < -0.39 is 21.8 Å². The molecule has 0 amide bonds. The van der Waals surface area contributed by atoms with Gasteiger partial charge in [-0.2, -0.15) is 34.2 Å². The van der Waals surface area contributed by atoms with E-state index in [2.05, 4.69) is 22.0 Å². The lowest BCUT2D eigenvalue weighted by molar-refractivity contribution is -0.127. The molecule has 2 atom stereocenters. The third kappa shape index (κ3) is 2.31. The Labute approximate surface area is 100 Å². The SMILES string of the molecule is O=S(=O)(ON1N=CN2CC(S)CC21)C(F)(F)F. The molecule has 2 rings (SSSR count). The number of hydrogen-bond donors (Lipinski definition) is 1. The number of nitrogens with zero attached hydrogens (tertiary/aromatic N) is 3. The summed E-state index contributed by atoms with van der Waals surface area (Å²) in [5.74, 6) is 0. The third-order valence-electron chi connectivity index (χ3n) is 2.31. The summed E-state index contributed by atoms with van der Waals surface area (Å²) in [5.41, 5.74) is -5.46. The van der Waals surface area contributed by atoms with Crippen molar-refractivity contribution in [1.82, 2.24) is 10.1 Å². The van der Waals surface area contributed by atoms with Gasteiger partial charge in [-0.05, 0) is 0 Å². The van der Waals surface area contributed by atoms with Crippen LogP contribution in [0.25, 0.3) is 0 Å². The van der Waals surface area contributed by atoms with Crippen molar-refractivity contribution in [2.75, 3.05) is 6.54 Å². The summed E-state index contributed by atoms with van der Waals surface area (Å²) in [7, 11) is -5.68. The molecule has 0 aliphatic carbocycles. The molecule has 0 aromatic carbocycles. The van der Waals surface area contributed by atoms with Crippen molar-refractivity contribution in [2.24, 2.45) is 5.10 Å². The lowest BCUT2D eigenvalue weighted by atomic mass is 10.3. The molecule has 2 heterocycles. The van der Waals surface area contributed by atoms with E-state index in [0.29, 0.717) is 18.1 Å². The Hall–Kier alpha value is -0.680. The molecule has 0 radical (unpaired) electrons. The van der Waals surface area contributed by atoms with E-state index in [9.17, 15) is 21.6 Å². The van der Waals surface area contributed by atoms with Crippen LogP contribution in [-0.2, 0) is 14.4 Å². The Morgan fingerprint density at radius 1 is 1.47 bits per heavy atom. The maximum absolute atomic E-state index is 12.1. The van der Waals surface area contributed by atoms with Gasteiger partial charge in [-0.25, -0.2) is 0 Å². The Morgan fingerprint density at radius 2 is 2.12 bits per heavy atom. The highest BCUT2D eigenvalue weighted by molar-refractivity contribution is 7.87. The largest absolute Gasteiger partial charge is 0.525 e. The summed E-state index contributed by atoms with van der Waals surface area (Å²) in [6, 6.07) is 0. The highest BCUT2D eigenvalue weighted by Gasteiger charge is 2.51. The van der Waals surface area contributed by atoms with Gasteiger partial charge in [-0.15, -0.1) is 14.6 Å². The fraction of sp³-hybridized carbons (Fsp3) is 0.833. The summed E-state index contributed by atoms with van der Waals surface area (Å²) < 4.78 is 61.7.